The zero-order valence-corrected chi connectivity index (χ0v) is 15.9. The van der Waals surface area contributed by atoms with Crippen molar-refractivity contribution in [3.8, 4) is 0 Å². The van der Waals surface area contributed by atoms with Gasteiger partial charge < -0.3 is 4.90 Å². The van der Waals surface area contributed by atoms with Gasteiger partial charge in [-0.15, -0.1) is 0 Å². The van der Waals surface area contributed by atoms with Crippen LogP contribution >= 0.6 is 0 Å². The Morgan fingerprint density at radius 3 is 2.56 bits per heavy atom. The second kappa shape index (κ2) is 8.01. The fourth-order valence-electron chi connectivity index (χ4n) is 3.13. The molecule has 2 aromatic rings. The number of pyridine rings is 1. The van der Waals surface area contributed by atoms with Gasteiger partial charge in [-0.2, -0.15) is 4.31 Å². The number of non-ortho nitro benzene ring substituents is 1. The minimum Gasteiger partial charge on any atom is -0.355 e. The Labute approximate surface area is 158 Å². The Morgan fingerprint density at radius 1 is 1.19 bits per heavy atom. The molecule has 1 aliphatic heterocycles. The summed E-state index contributed by atoms with van der Waals surface area (Å²) >= 11 is 0. The number of nitro benzene ring substituents is 1. The lowest BCUT2D eigenvalue weighted by Gasteiger charge is -2.26. The molecule has 0 saturated carbocycles. The van der Waals surface area contributed by atoms with Crippen LogP contribution in [0.3, 0.4) is 0 Å². The average Bonchev–Trinajstić information content (AvgIpc) is 2.69. The molecule has 1 saturated heterocycles. The van der Waals surface area contributed by atoms with Gasteiger partial charge in [0.15, 0.2) is 0 Å². The third-order valence-electron chi connectivity index (χ3n) is 4.61. The Morgan fingerprint density at radius 2 is 1.93 bits per heavy atom. The second-order valence-corrected chi connectivity index (χ2v) is 8.54. The van der Waals surface area contributed by atoms with Crippen LogP contribution in [0.25, 0.3) is 0 Å². The Hall–Kier alpha value is -2.52. The third kappa shape index (κ3) is 4.42. The minimum absolute atomic E-state index is 0.0387. The van der Waals surface area contributed by atoms with Gasteiger partial charge in [0.1, 0.15) is 10.7 Å². The number of rotatable bonds is 6. The zero-order valence-electron chi connectivity index (χ0n) is 15.1. The zero-order chi connectivity index (χ0) is 19.4. The highest BCUT2D eigenvalue weighted by atomic mass is 32.2. The highest BCUT2D eigenvalue weighted by Crippen LogP contribution is 2.22. The van der Waals surface area contributed by atoms with E-state index < -0.39 is 14.9 Å². The standard InChI is InChI=1S/C18H22N4O4S/c1-20(14-15-6-5-7-16(12-15)22(23)24)18-9-8-17(13-19-18)27(25,26)21-10-3-2-4-11-21/h5-9,12-13H,2-4,10-11,14H2,1H3. The van der Waals surface area contributed by atoms with Crippen molar-refractivity contribution in [1.82, 2.24) is 9.29 Å². The van der Waals surface area contributed by atoms with Gasteiger partial charge in [0, 0.05) is 45.0 Å². The lowest BCUT2D eigenvalue weighted by molar-refractivity contribution is -0.384. The van der Waals surface area contributed by atoms with Crippen LogP contribution in [0.5, 0.6) is 0 Å². The highest BCUT2D eigenvalue weighted by molar-refractivity contribution is 7.89. The topological polar surface area (TPSA) is 96.6 Å². The molecular formula is C18H22N4O4S. The summed E-state index contributed by atoms with van der Waals surface area (Å²) < 4.78 is 26.9. The SMILES string of the molecule is CN(Cc1cccc([N+](=O)[O-])c1)c1ccc(S(=O)(=O)N2CCCCC2)cn1. The maximum Gasteiger partial charge on any atom is 0.269 e. The molecule has 1 aliphatic rings. The summed E-state index contributed by atoms with van der Waals surface area (Å²) in [5.41, 5.74) is 0.815. The lowest BCUT2D eigenvalue weighted by atomic mass is 10.2. The first-order chi connectivity index (χ1) is 12.9. The summed E-state index contributed by atoms with van der Waals surface area (Å²) in [4.78, 5) is 16.7. The number of sulfonamides is 1. The van der Waals surface area contributed by atoms with E-state index in [1.165, 1.54) is 22.6 Å². The Balaban J connectivity index is 1.73. The van der Waals surface area contributed by atoms with Crippen LogP contribution in [0.1, 0.15) is 24.8 Å². The number of hydrogen-bond donors (Lipinski definition) is 0. The molecule has 1 fully saturated rings. The van der Waals surface area contributed by atoms with Gasteiger partial charge in [-0.05, 0) is 30.5 Å². The van der Waals surface area contributed by atoms with Crippen LogP contribution in [0.4, 0.5) is 11.5 Å². The summed E-state index contributed by atoms with van der Waals surface area (Å²) in [7, 11) is -1.70. The van der Waals surface area contributed by atoms with E-state index in [1.54, 1.807) is 31.3 Å². The molecular weight excluding hydrogens is 368 g/mol. The first-order valence-corrected chi connectivity index (χ1v) is 10.2. The van der Waals surface area contributed by atoms with Crippen molar-refractivity contribution in [3.05, 3.63) is 58.3 Å². The van der Waals surface area contributed by atoms with Gasteiger partial charge in [0.2, 0.25) is 10.0 Å². The number of nitrogens with zero attached hydrogens (tertiary/aromatic N) is 4. The van der Waals surface area contributed by atoms with Crippen molar-refractivity contribution < 1.29 is 13.3 Å². The first-order valence-electron chi connectivity index (χ1n) is 8.78. The fourth-order valence-corrected chi connectivity index (χ4v) is 4.59. The molecule has 144 valence electrons. The molecule has 0 aliphatic carbocycles. The van der Waals surface area contributed by atoms with Crippen molar-refractivity contribution in [3.63, 3.8) is 0 Å². The van der Waals surface area contributed by atoms with Crippen LogP contribution in [-0.4, -0.2) is 42.8 Å². The molecule has 0 bridgehead atoms. The number of anilines is 1. The van der Waals surface area contributed by atoms with Crippen molar-refractivity contribution in [1.29, 1.82) is 0 Å². The van der Waals surface area contributed by atoms with Crippen molar-refractivity contribution >= 4 is 21.5 Å². The van der Waals surface area contributed by atoms with Crippen LogP contribution in [-0.2, 0) is 16.6 Å². The molecule has 2 heterocycles. The smallest absolute Gasteiger partial charge is 0.269 e. The van der Waals surface area contributed by atoms with E-state index in [0.717, 1.165) is 24.8 Å². The molecule has 0 atom stereocenters. The molecule has 0 radical (unpaired) electrons. The molecule has 27 heavy (non-hydrogen) atoms. The van der Waals surface area contributed by atoms with E-state index >= 15 is 0 Å². The van der Waals surface area contributed by atoms with Gasteiger partial charge >= 0.3 is 0 Å². The summed E-state index contributed by atoms with van der Waals surface area (Å²) in [5, 5.41) is 10.9. The van der Waals surface area contributed by atoms with Gasteiger partial charge in [-0.1, -0.05) is 18.6 Å². The number of benzene rings is 1. The van der Waals surface area contributed by atoms with E-state index in [0.29, 0.717) is 25.5 Å². The molecule has 0 amide bonds. The van der Waals surface area contributed by atoms with Crippen molar-refractivity contribution in [2.75, 3.05) is 25.0 Å². The molecule has 9 heteroatoms. The minimum atomic E-state index is -3.50. The van der Waals surface area contributed by atoms with Crippen molar-refractivity contribution in [2.45, 2.75) is 30.7 Å². The Bertz CT molecular complexity index is 909. The van der Waals surface area contributed by atoms with Gasteiger partial charge in [0.05, 0.1) is 4.92 Å². The van der Waals surface area contributed by atoms with Gasteiger partial charge in [-0.3, -0.25) is 10.1 Å². The van der Waals surface area contributed by atoms with Crippen LogP contribution in [0.2, 0.25) is 0 Å². The van der Waals surface area contributed by atoms with Crippen LogP contribution < -0.4 is 4.90 Å². The molecule has 1 aromatic heterocycles. The number of nitro groups is 1. The fraction of sp³-hybridized carbons (Fsp3) is 0.389. The third-order valence-corrected chi connectivity index (χ3v) is 6.49. The normalized spacial score (nSPS) is 15.4. The molecule has 0 spiro atoms. The molecule has 3 rings (SSSR count). The van der Waals surface area contributed by atoms with E-state index in [2.05, 4.69) is 4.98 Å². The van der Waals surface area contributed by atoms with Crippen LogP contribution in [0, 0.1) is 10.1 Å². The summed E-state index contributed by atoms with van der Waals surface area (Å²) in [6, 6.07) is 9.64. The lowest BCUT2D eigenvalue weighted by Crippen LogP contribution is -2.35. The predicted octanol–water partition coefficient (Wildman–Crippen LogP) is 2.80. The monoisotopic (exact) mass is 390 g/mol. The van der Waals surface area contributed by atoms with E-state index in [9.17, 15) is 18.5 Å². The quantitative estimate of drug-likeness (QED) is 0.556. The Kier molecular flexibility index (Phi) is 5.71. The number of aromatic nitrogens is 1. The van der Waals surface area contributed by atoms with E-state index in [4.69, 9.17) is 0 Å². The van der Waals surface area contributed by atoms with Crippen LogP contribution in [0.15, 0.2) is 47.5 Å². The largest absolute Gasteiger partial charge is 0.355 e. The maximum atomic E-state index is 12.7. The van der Waals surface area contributed by atoms with E-state index in [-0.39, 0.29) is 10.6 Å². The first kappa shape index (κ1) is 19.2. The highest BCUT2D eigenvalue weighted by Gasteiger charge is 2.26. The number of piperidine rings is 1. The molecule has 1 aromatic carbocycles. The predicted molar refractivity (Wildman–Crippen MR) is 102 cm³/mol. The summed E-state index contributed by atoms with van der Waals surface area (Å²) in [6.45, 7) is 1.53. The average molecular weight is 390 g/mol. The maximum absolute atomic E-state index is 12.7. The summed E-state index contributed by atoms with van der Waals surface area (Å²) in [5.74, 6) is 0.596. The molecule has 8 nitrogen and oxygen atoms in total. The van der Waals surface area contributed by atoms with Gasteiger partial charge in [0.25, 0.3) is 5.69 Å². The molecule has 0 unspecified atom stereocenters. The summed E-state index contributed by atoms with van der Waals surface area (Å²) in [6.07, 6.45) is 4.21. The van der Waals surface area contributed by atoms with Gasteiger partial charge in [-0.25, -0.2) is 13.4 Å². The molecule has 0 N–H and O–H groups in total. The van der Waals surface area contributed by atoms with Crippen molar-refractivity contribution in [2.24, 2.45) is 0 Å². The second-order valence-electron chi connectivity index (χ2n) is 6.60. The number of hydrogen-bond acceptors (Lipinski definition) is 6. The van der Waals surface area contributed by atoms with E-state index in [1.807, 2.05) is 4.90 Å².